The maximum absolute atomic E-state index is 10.2. The van der Waals surface area contributed by atoms with E-state index in [1.165, 1.54) is 0 Å². The van der Waals surface area contributed by atoms with Gasteiger partial charge in [0.25, 0.3) is 0 Å². The Bertz CT molecular complexity index is 327. The van der Waals surface area contributed by atoms with Crippen molar-refractivity contribution < 1.29 is 14.4 Å². The number of nitrogens with zero attached hydrogens (tertiary/aromatic N) is 2. The van der Waals surface area contributed by atoms with Crippen LogP contribution in [0.5, 0.6) is 0 Å². The Kier molecular flexibility index (Phi) is 2.73. The predicted molar refractivity (Wildman–Crippen MR) is 49.1 cm³/mol. The molecule has 0 saturated heterocycles. The summed E-state index contributed by atoms with van der Waals surface area (Å²) in [6.45, 7) is 5.60. The van der Waals surface area contributed by atoms with Gasteiger partial charge in [0.1, 0.15) is 6.54 Å². The lowest BCUT2D eigenvalue weighted by Gasteiger charge is -2.10. The summed E-state index contributed by atoms with van der Waals surface area (Å²) in [6.07, 6.45) is 0. The standard InChI is InChI=1S/C8H13N3O3/c1-8(2,3)6-10-7(14-11-6)9-4-5(12)13/h4H2,1-3H3,(H,12,13)(H,9,10,11). The van der Waals surface area contributed by atoms with Crippen LogP contribution in [0.3, 0.4) is 0 Å². The van der Waals surface area contributed by atoms with Crippen LogP contribution >= 0.6 is 0 Å². The van der Waals surface area contributed by atoms with Gasteiger partial charge in [-0.15, -0.1) is 0 Å². The summed E-state index contributed by atoms with van der Waals surface area (Å²) in [4.78, 5) is 14.2. The molecule has 1 aromatic rings. The molecule has 0 aliphatic rings. The number of aromatic nitrogens is 2. The Morgan fingerprint density at radius 3 is 2.64 bits per heavy atom. The van der Waals surface area contributed by atoms with Crippen LogP contribution in [0.25, 0.3) is 0 Å². The Morgan fingerprint density at radius 2 is 2.21 bits per heavy atom. The van der Waals surface area contributed by atoms with E-state index < -0.39 is 5.97 Å². The summed E-state index contributed by atoms with van der Waals surface area (Å²) < 4.78 is 4.81. The molecule has 0 bridgehead atoms. The molecule has 0 radical (unpaired) electrons. The number of anilines is 1. The summed E-state index contributed by atoms with van der Waals surface area (Å²) in [7, 11) is 0. The molecule has 0 spiro atoms. The zero-order valence-corrected chi connectivity index (χ0v) is 8.37. The Balaban J connectivity index is 2.64. The number of hydrogen-bond acceptors (Lipinski definition) is 5. The second kappa shape index (κ2) is 3.65. The van der Waals surface area contributed by atoms with Crippen molar-refractivity contribution in [2.45, 2.75) is 26.2 Å². The zero-order chi connectivity index (χ0) is 10.8. The highest BCUT2D eigenvalue weighted by molar-refractivity contribution is 5.71. The third kappa shape index (κ3) is 2.72. The van der Waals surface area contributed by atoms with Gasteiger partial charge in [-0.25, -0.2) is 0 Å². The molecular weight excluding hydrogens is 186 g/mol. The first-order valence-electron chi connectivity index (χ1n) is 4.19. The van der Waals surface area contributed by atoms with Gasteiger partial charge in [-0.2, -0.15) is 4.98 Å². The summed E-state index contributed by atoms with van der Waals surface area (Å²) in [5, 5.41) is 14.6. The van der Waals surface area contributed by atoms with Crippen LogP contribution in [-0.2, 0) is 10.2 Å². The lowest BCUT2D eigenvalue weighted by Crippen LogP contribution is -2.15. The van der Waals surface area contributed by atoms with E-state index in [4.69, 9.17) is 9.63 Å². The summed E-state index contributed by atoms with van der Waals surface area (Å²) in [5.74, 6) is -0.425. The highest BCUT2D eigenvalue weighted by Crippen LogP contribution is 2.19. The molecular formula is C8H13N3O3. The third-order valence-corrected chi connectivity index (χ3v) is 1.49. The van der Waals surface area contributed by atoms with Gasteiger partial charge >= 0.3 is 12.0 Å². The molecule has 0 unspecified atom stereocenters. The molecule has 0 amide bonds. The second-order valence-electron chi connectivity index (χ2n) is 3.92. The highest BCUT2D eigenvalue weighted by atomic mass is 16.5. The monoisotopic (exact) mass is 199 g/mol. The quantitative estimate of drug-likeness (QED) is 0.750. The van der Waals surface area contributed by atoms with Gasteiger partial charge in [0, 0.05) is 5.41 Å². The lowest BCUT2D eigenvalue weighted by molar-refractivity contribution is -0.134. The van der Waals surface area contributed by atoms with Crippen molar-refractivity contribution in [2.24, 2.45) is 0 Å². The fourth-order valence-electron chi connectivity index (χ4n) is 0.751. The fourth-order valence-corrected chi connectivity index (χ4v) is 0.751. The van der Waals surface area contributed by atoms with E-state index in [-0.39, 0.29) is 18.0 Å². The molecule has 2 N–H and O–H groups in total. The summed E-state index contributed by atoms with van der Waals surface area (Å²) >= 11 is 0. The zero-order valence-electron chi connectivity index (χ0n) is 8.37. The molecule has 78 valence electrons. The number of rotatable bonds is 3. The maximum atomic E-state index is 10.2. The number of hydrogen-bond donors (Lipinski definition) is 2. The average molecular weight is 199 g/mol. The first-order chi connectivity index (χ1) is 6.39. The number of carboxylic acids is 1. The van der Waals surface area contributed by atoms with Crippen LogP contribution in [0.4, 0.5) is 6.01 Å². The number of carbonyl (C=O) groups is 1. The van der Waals surface area contributed by atoms with Crippen LogP contribution in [-0.4, -0.2) is 27.8 Å². The Labute approximate surface area is 81.3 Å². The molecule has 1 aromatic heterocycles. The van der Waals surface area contributed by atoms with Crippen molar-refractivity contribution in [2.75, 3.05) is 11.9 Å². The molecule has 0 aliphatic carbocycles. The van der Waals surface area contributed by atoms with E-state index >= 15 is 0 Å². The molecule has 6 heteroatoms. The van der Waals surface area contributed by atoms with Crippen molar-refractivity contribution in [3.8, 4) is 0 Å². The number of nitrogens with one attached hydrogen (secondary N) is 1. The minimum Gasteiger partial charge on any atom is -0.480 e. The van der Waals surface area contributed by atoms with Crippen molar-refractivity contribution in [1.82, 2.24) is 10.1 Å². The van der Waals surface area contributed by atoms with E-state index in [1.54, 1.807) is 0 Å². The number of aliphatic carboxylic acids is 1. The van der Waals surface area contributed by atoms with Crippen LogP contribution in [0, 0.1) is 0 Å². The summed E-state index contributed by atoms with van der Waals surface area (Å²) in [5.41, 5.74) is -0.202. The predicted octanol–water partition coefficient (Wildman–Crippen LogP) is 0.864. The van der Waals surface area contributed by atoms with E-state index in [0.29, 0.717) is 5.82 Å². The van der Waals surface area contributed by atoms with Crippen molar-refractivity contribution in [3.63, 3.8) is 0 Å². The lowest BCUT2D eigenvalue weighted by atomic mass is 9.96. The van der Waals surface area contributed by atoms with Gasteiger partial charge in [-0.3, -0.25) is 4.79 Å². The SMILES string of the molecule is CC(C)(C)c1noc(NCC(=O)O)n1. The molecule has 0 aliphatic heterocycles. The minimum atomic E-state index is -0.972. The van der Waals surface area contributed by atoms with Gasteiger partial charge in [0.05, 0.1) is 0 Å². The van der Waals surface area contributed by atoms with E-state index in [2.05, 4.69) is 15.5 Å². The Hall–Kier alpha value is -1.59. The molecule has 6 nitrogen and oxygen atoms in total. The van der Waals surface area contributed by atoms with Crippen LogP contribution < -0.4 is 5.32 Å². The molecule has 0 fully saturated rings. The molecule has 0 saturated carbocycles. The van der Waals surface area contributed by atoms with Crippen LogP contribution in [0.15, 0.2) is 4.52 Å². The van der Waals surface area contributed by atoms with Crippen molar-refractivity contribution in [1.29, 1.82) is 0 Å². The largest absolute Gasteiger partial charge is 0.480 e. The number of carboxylic acid groups (broad SMARTS) is 1. The second-order valence-corrected chi connectivity index (χ2v) is 3.92. The van der Waals surface area contributed by atoms with E-state index in [9.17, 15) is 4.79 Å². The Morgan fingerprint density at radius 1 is 1.57 bits per heavy atom. The van der Waals surface area contributed by atoms with Gasteiger partial charge in [-0.1, -0.05) is 25.9 Å². The molecule has 1 heterocycles. The average Bonchev–Trinajstić information content (AvgIpc) is 2.47. The fraction of sp³-hybridized carbons (Fsp3) is 0.625. The first-order valence-corrected chi connectivity index (χ1v) is 4.19. The molecule has 14 heavy (non-hydrogen) atoms. The molecule has 1 rings (SSSR count). The minimum absolute atomic E-state index is 0.136. The van der Waals surface area contributed by atoms with E-state index in [0.717, 1.165) is 0 Å². The normalized spacial score (nSPS) is 11.4. The van der Waals surface area contributed by atoms with Crippen LogP contribution in [0.2, 0.25) is 0 Å². The van der Waals surface area contributed by atoms with E-state index in [1.807, 2.05) is 20.8 Å². The maximum Gasteiger partial charge on any atom is 0.323 e. The highest BCUT2D eigenvalue weighted by Gasteiger charge is 2.20. The van der Waals surface area contributed by atoms with Gasteiger partial charge < -0.3 is 14.9 Å². The van der Waals surface area contributed by atoms with Crippen molar-refractivity contribution >= 4 is 12.0 Å². The third-order valence-electron chi connectivity index (χ3n) is 1.49. The first kappa shape index (κ1) is 10.5. The van der Waals surface area contributed by atoms with Gasteiger partial charge in [0.15, 0.2) is 5.82 Å². The topological polar surface area (TPSA) is 88.2 Å². The van der Waals surface area contributed by atoms with Gasteiger partial charge in [0.2, 0.25) is 0 Å². The molecule has 0 aromatic carbocycles. The van der Waals surface area contributed by atoms with Crippen molar-refractivity contribution in [3.05, 3.63) is 5.82 Å². The summed E-state index contributed by atoms with van der Waals surface area (Å²) in [6, 6.07) is 0.136. The smallest absolute Gasteiger partial charge is 0.323 e. The van der Waals surface area contributed by atoms with Gasteiger partial charge in [-0.05, 0) is 0 Å². The molecule has 0 atom stereocenters. The van der Waals surface area contributed by atoms with Crippen LogP contribution in [0.1, 0.15) is 26.6 Å².